The summed E-state index contributed by atoms with van der Waals surface area (Å²) in [5.74, 6) is 0. The average molecular weight is 193 g/mol. The first-order valence-corrected chi connectivity index (χ1v) is 5.21. The van der Waals surface area contributed by atoms with Crippen molar-refractivity contribution in [2.24, 2.45) is 0 Å². The van der Waals surface area contributed by atoms with Crippen LogP contribution in [0, 0.1) is 0 Å². The minimum Gasteiger partial charge on any atom is -0.133 e. The molecule has 1 N–H and O–H groups in total. The Hall–Kier alpha value is -0.240. The van der Waals surface area contributed by atoms with Crippen molar-refractivity contribution in [1.29, 1.82) is 0 Å². The van der Waals surface area contributed by atoms with Crippen molar-refractivity contribution in [1.82, 2.24) is 0 Å². The van der Waals surface area contributed by atoms with Gasteiger partial charge < -0.3 is 0 Å². The van der Waals surface area contributed by atoms with E-state index in [1.165, 1.54) is 12.8 Å². The molecule has 3 nitrogen and oxygen atoms in total. The highest BCUT2D eigenvalue weighted by Gasteiger charge is 2.08. The van der Waals surface area contributed by atoms with Gasteiger partial charge in [0.2, 0.25) is 0 Å². The van der Waals surface area contributed by atoms with Crippen LogP contribution < -0.4 is 0 Å². The zero-order chi connectivity index (χ0) is 9.82. The highest BCUT2D eigenvalue weighted by molar-refractivity contribution is 7.32. The Morgan fingerprint density at radius 3 is 2.25 bits per heavy atom. The van der Waals surface area contributed by atoms with Crippen LogP contribution in [-0.2, 0) is 9.09 Å². The molecule has 0 rings (SSSR count). The van der Waals surface area contributed by atoms with Crippen molar-refractivity contribution in [3.05, 3.63) is 12.7 Å². The molecule has 0 radical (unpaired) electrons. The average Bonchev–Trinajstić information content (AvgIpc) is 2.05. The number of rotatable bonds is 5. The van der Waals surface area contributed by atoms with Gasteiger partial charge >= 0.3 is 8.25 Å². The molecule has 1 atom stereocenters. The second-order valence-electron chi connectivity index (χ2n) is 2.15. The Balaban J connectivity index is 0. The highest BCUT2D eigenvalue weighted by Crippen LogP contribution is 2.13. The fourth-order valence-electron chi connectivity index (χ4n) is 0.214. The summed E-state index contributed by atoms with van der Waals surface area (Å²) in [6, 6.07) is 0. The van der Waals surface area contributed by atoms with Crippen molar-refractivity contribution >= 4 is 8.25 Å². The van der Waals surface area contributed by atoms with Crippen LogP contribution in [0.2, 0.25) is 0 Å². The van der Waals surface area contributed by atoms with Crippen LogP contribution in [0.4, 0.5) is 0 Å². The van der Waals surface area contributed by atoms with Crippen LogP contribution in [0.1, 0.15) is 33.1 Å². The van der Waals surface area contributed by atoms with Crippen LogP contribution in [-0.4, -0.2) is 11.5 Å². The van der Waals surface area contributed by atoms with Gasteiger partial charge in [-0.1, -0.05) is 32.8 Å². The smallest absolute Gasteiger partial charge is 0.133 e. The van der Waals surface area contributed by atoms with E-state index >= 15 is 0 Å². The third-order valence-electron chi connectivity index (χ3n) is 1.02. The van der Waals surface area contributed by atoms with Gasteiger partial charge in [0.15, 0.2) is 0 Å². The third-order valence-corrected chi connectivity index (χ3v) is 1.43. The summed E-state index contributed by atoms with van der Waals surface area (Å²) in [4.78, 5) is 8.03. The quantitative estimate of drug-likeness (QED) is 0.414. The van der Waals surface area contributed by atoms with Gasteiger partial charge in [0.1, 0.15) is 6.61 Å². The summed E-state index contributed by atoms with van der Waals surface area (Å²) < 4.78 is 14.0. The minimum atomic E-state index is -2.41. The molecule has 0 heterocycles. The fraction of sp³-hybridized carbons (Fsp3) is 0.750. The lowest BCUT2D eigenvalue weighted by Crippen LogP contribution is -1.80. The first-order valence-electron chi connectivity index (χ1n) is 4.08. The summed E-state index contributed by atoms with van der Waals surface area (Å²) in [7, 11) is -2.41. The predicted octanol–water partition coefficient (Wildman–Crippen LogP) is 3.04. The predicted molar refractivity (Wildman–Crippen MR) is 51.2 cm³/mol. The Bertz CT molecular complexity index is 113. The number of unbranched alkanes of at least 4 members (excludes halogenated alkanes) is 1. The van der Waals surface area contributed by atoms with E-state index in [1.807, 2.05) is 0 Å². The summed E-state index contributed by atoms with van der Waals surface area (Å²) in [5, 5.41) is 0. The number of hydrogen-bond acceptors (Lipinski definition) is 2. The van der Waals surface area contributed by atoms with E-state index in [4.69, 9.17) is 4.89 Å². The summed E-state index contributed by atoms with van der Waals surface area (Å²) >= 11 is 0. The van der Waals surface area contributed by atoms with E-state index in [0.29, 0.717) is 6.42 Å². The molecular weight excluding hydrogens is 175 g/mol. The highest BCUT2D eigenvalue weighted by atomic mass is 31.1. The Kier molecular flexibility index (Phi) is 15.9. The SMILES string of the molecule is C=CCCO[P+](=O)O.CCCC. The van der Waals surface area contributed by atoms with E-state index in [0.717, 1.165) is 0 Å². The van der Waals surface area contributed by atoms with Gasteiger partial charge in [0, 0.05) is 4.57 Å². The molecule has 0 amide bonds. The standard InChI is InChI=1S/C4H7O3P.C4H10/c1-2-3-4-7-8(5)6;1-3-4-2/h2H,1,3-4H2;3-4H2,1-2H3/p+1. The summed E-state index contributed by atoms with van der Waals surface area (Å²) in [6.07, 6.45) is 4.88. The van der Waals surface area contributed by atoms with Gasteiger partial charge in [0.05, 0.1) is 0 Å². The second kappa shape index (κ2) is 13.4. The molecule has 0 aromatic rings. The van der Waals surface area contributed by atoms with E-state index < -0.39 is 8.25 Å². The summed E-state index contributed by atoms with van der Waals surface area (Å²) in [6.45, 7) is 8.04. The molecule has 0 aromatic heterocycles. The molecule has 1 unspecified atom stereocenters. The fourth-order valence-corrected chi connectivity index (χ4v) is 0.476. The molecule has 0 spiro atoms. The zero-order valence-corrected chi connectivity index (χ0v) is 8.72. The van der Waals surface area contributed by atoms with Crippen LogP contribution in [0.25, 0.3) is 0 Å². The van der Waals surface area contributed by atoms with Crippen LogP contribution in [0.15, 0.2) is 12.7 Å². The van der Waals surface area contributed by atoms with E-state index in [2.05, 4.69) is 25.0 Å². The molecule has 72 valence electrons. The lowest BCUT2D eigenvalue weighted by molar-refractivity contribution is 0.287. The maximum atomic E-state index is 9.77. The molecular formula is C8H18O3P+. The molecule has 0 fully saturated rings. The van der Waals surface area contributed by atoms with Gasteiger partial charge in [-0.15, -0.1) is 16.0 Å². The first-order chi connectivity index (χ1) is 5.68. The molecule has 0 bridgehead atoms. The van der Waals surface area contributed by atoms with E-state index in [1.54, 1.807) is 6.08 Å². The summed E-state index contributed by atoms with van der Waals surface area (Å²) in [5.41, 5.74) is 0. The van der Waals surface area contributed by atoms with Gasteiger partial charge in [-0.3, -0.25) is 0 Å². The lowest BCUT2D eigenvalue weighted by atomic mass is 10.4. The molecule has 0 saturated heterocycles. The topological polar surface area (TPSA) is 46.5 Å². The van der Waals surface area contributed by atoms with Gasteiger partial charge in [-0.25, -0.2) is 0 Å². The van der Waals surface area contributed by atoms with E-state index in [9.17, 15) is 4.57 Å². The third kappa shape index (κ3) is 22.6. The Morgan fingerprint density at radius 1 is 1.50 bits per heavy atom. The molecule has 0 aliphatic heterocycles. The minimum absolute atomic E-state index is 0.273. The Morgan fingerprint density at radius 2 is 2.00 bits per heavy atom. The zero-order valence-electron chi connectivity index (χ0n) is 7.82. The van der Waals surface area contributed by atoms with Gasteiger partial charge in [0.25, 0.3) is 0 Å². The molecule has 4 heteroatoms. The molecule has 0 aliphatic carbocycles. The largest absolute Gasteiger partial charge is 0.694 e. The van der Waals surface area contributed by atoms with Crippen molar-refractivity contribution in [2.75, 3.05) is 6.61 Å². The van der Waals surface area contributed by atoms with Crippen LogP contribution >= 0.6 is 8.25 Å². The molecule has 0 aliphatic rings. The lowest BCUT2D eigenvalue weighted by Gasteiger charge is -1.79. The van der Waals surface area contributed by atoms with Crippen molar-refractivity contribution < 1.29 is 14.0 Å². The van der Waals surface area contributed by atoms with Crippen LogP contribution in [0.5, 0.6) is 0 Å². The van der Waals surface area contributed by atoms with E-state index in [-0.39, 0.29) is 6.61 Å². The van der Waals surface area contributed by atoms with Gasteiger partial charge in [-0.2, -0.15) is 0 Å². The normalized spacial score (nSPS) is 9.75. The monoisotopic (exact) mass is 193 g/mol. The molecule has 12 heavy (non-hydrogen) atoms. The van der Waals surface area contributed by atoms with Crippen molar-refractivity contribution in [2.45, 2.75) is 33.1 Å². The Labute approximate surface area is 75.4 Å². The first kappa shape index (κ1) is 14.3. The van der Waals surface area contributed by atoms with Crippen molar-refractivity contribution in [3.8, 4) is 0 Å². The molecule has 0 aromatic carbocycles. The molecule has 0 saturated carbocycles. The van der Waals surface area contributed by atoms with Gasteiger partial charge in [-0.05, 0) is 6.42 Å². The van der Waals surface area contributed by atoms with Crippen LogP contribution in [0.3, 0.4) is 0 Å². The maximum Gasteiger partial charge on any atom is 0.694 e. The van der Waals surface area contributed by atoms with Crippen molar-refractivity contribution in [3.63, 3.8) is 0 Å². The second-order valence-corrected chi connectivity index (χ2v) is 2.88. The maximum absolute atomic E-state index is 9.77. The number of hydrogen-bond donors (Lipinski definition) is 1.